The maximum atomic E-state index is 14.1. The van der Waals surface area contributed by atoms with Crippen molar-refractivity contribution in [2.24, 2.45) is 5.92 Å². The van der Waals surface area contributed by atoms with Gasteiger partial charge in [0.1, 0.15) is 6.04 Å². The molecular formula is C23H33FN2O5S. The Balaban J connectivity index is 1.50. The Bertz CT molecular complexity index is 959. The van der Waals surface area contributed by atoms with E-state index in [0.29, 0.717) is 32.4 Å². The van der Waals surface area contributed by atoms with Crippen LogP contribution in [0.1, 0.15) is 58.4 Å². The van der Waals surface area contributed by atoms with Crippen LogP contribution in [0.2, 0.25) is 0 Å². The summed E-state index contributed by atoms with van der Waals surface area (Å²) in [5, 5.41) is 2.27. The van der Waals surface area contributed by atoms with Crippen molar-refractivity contribution in [2.75, 3.05) is 24.7 Å². The van der Waals surface area contributed by atoms with Gasteiger partial charge in [-0.2, -0.15) is 0 Å². The molecule has 2 fully saturated rings. The van der Waals surface area contributed by atoms with E-state index >= 15 is 0 Å². The number of nitrogens with zero attached hydrogens (tertiary/aromatic N) is 1. The van der Waals surface area contributed by atoms with Gasteiger partial charge >= 0.3 is 6.03 Å². The van der Waals surface area contributed by atoms with Crippen molar-refractivity contribution in [1.82, 2.24) is 10.2 Å². The van der Waals surface area contributed by atoms with E-state index in [9.17, 15) is 22.4 Å². The van der Waals surface area contributed by atoms with Crippen LogP contribution >= 0.6 is 0 Å². The number of unbranched alkanes of at least 4 members (excludes halogenated alkanes) is 2. The lowest BCUT2D eigenvalue weighted by molar-refractivity contribution is -0.121. The Hall–Kier alpha value is -2.16. The van der Waals surface area contributed by atoms with Crippen LogP contribution < -0.4 is 10.1 Å². The Labute approximate surface area is 189 Å². The molecule has 0 radical (unpaired) electrons. The maximum Gasteiger partial charge on any atom is 0.324 e. The van der Waals surface area contributed by atoms with Gasteiger partial charge in [0.25, 0.3) is 5.91 Å². The predicted octanol–water partition coefficient (Wildman–Crippen LogP) is 3.42. The van der Waals surface area contributed by atoms with Crippen LogP contribution in [-0.2, 0) is 20.0 Å². The molecule has 0 spiro atoms. The van der Waals surface area contributed by atoms with Crippen LogP contribution in [0, 0.1) is 11.7 Å². The van der Waals surface area contributed by atoms with Crippen LogP contribution in [-0.4, -0.2) is 56.0 Å². The lowest BCUT2D eigenvalue weighted by atomic mass is 9.98. The molecule has 1 aliphatic heterocycles. The fourth-order valence-electron chi connectivity index (χ4n) is 4.04. The van der Waals surface area contributed by atoms with E-state index < -0.39 is 27.1 Å². The number of ether oxygens (including phenoxy) is 1. The van der Waals surface area contributed by atoms with Crippen LogP contribution in [0.25, 0.3) is 0 Å². The molecule has 1 saturated carbocycles. The maximum absolute atomic E-state index is 14.1. The first-order chi connectivity index (χ1) is 15.0. The molecule has 1 unspecified atom stereocenters. The molecular weight excluding hydrogens is 435 g/mol. The summed E-state index contributed by atoms with van der Waals surface area (Å²) in [6.45, 7) is 6.47. The van der Waals surface area contributed by atoms with Crippen molar-refractivity contribution in [3.63, 3.8) is 0 Å². The van der Waals surface area contributed by atoms with Crippen molar-refractivity contribution >= 4 is 21.8 Å². The second-order valence-corrected chi connectivity index (χ2v) is 11.6. The van der Waals surface area contributed by atoms with Gasteiger partial charge in [-0.3, -0.25) is 10.1 Å². The molecule has 3 amide bonds. The number of nitrogens with one attached hydrogen (secondary N) is 1. The van der Waals surface area contributed by atoms with Crippen LogP contribution in [0.15, 0.2) is 18.2 Å². The second kappa shape index (κ2) is 9.77. The van der Waals surface area contributed by atoms with E-state index in [2.05, 4.69) is 5.32 Å². The van der Waals surface area contributed by atoms with Crippen molar-refractivity contribution in [3.05, 3.63) is 29.6 Å². The molecule has 1 N–H and O–H groups in total. The lowest BCUT2D eigenvalue weighted by Crippen LogP contribution is -2.33. The number of imide groups is 1. The average Bonchev–Trinajstić information content (AvgIpc) is 3.43. The second-order valence-electron chi connectivity index (χ2n) is 9.45. The Kier molecular flexibility index (Phi) is 7.47. The van der Waals surface area contributed by atoms with Gasteiger partial charge in [0.05, 0.1) is 18.1 Å². The van der Waals surface area contributed by atoms with E-state index in [1.165, 1.54) is 11.0 Å². The summed E-state index contributed by atoms with van der Waals surface area (Å²) in [7, 11) is -3.28. The normalized spacial score (nSPS) is 20.0. The molecule has 1 atom stereocenters. The summed E-state index contributed by atoms with van der Waals surface area (Å²) < 4.78 is 45.2. The number of carbonyl (C=O) groups excluding carboxylic acids is 2. The van der Waals surface area contributed by atoms with Gasteiger partial charge in [0.15, 0.2) is 21.4 Å². The van der Waals surface area contributed by atoms with Gasteiger partial charge in [0.2, 0.25) is 0 Å². The summed E-state index contributed by atoms with van der Waals surface area (Å²) >= 11 is 0. The summed E-state index contributed by atoms with van der Waals surface area (Å²) in [5.41, 5.74) is 0.367. The molecule has 0 bridgehead atoms. The monoisotopic (exact) mass is 468 g/mol. The molecule has 178 valence electrons. The van der Waals surface area contributed by atoms with Crippen molar-refractivity contribution < 1.29 is 27.1 Å². The van der Waals surface area contributed by atoms with E-state index in [-0.39, 0.29) is 35.1 Å². The summed E-state index contributed by atoms with van der Waals surface area (Å²) in [5.74, 6) is -0.167. The van der Waals surface area contributed by atoms with Gasteiger partial charge in [-0.1, -0.05) is 26.3 Å². The van der Waals surface area contributed by atoms with Crippen molar-refractivity contribution in [3.8, 4) is 5.75 Å². The van der Waals surface area contributed by atoms with Gasteiger partial charge in [0, 0.05) is 12.0 Å². The molecule has 7 nitrogen and oxygen atoms in total. The highest BCUT2D eigenvalue weighted by atomic mass is 32.2. The first kappa shape index (κ1) is 24.5. The van der Waals surface area contributed by atoms with E-state index in [0.717, 1.165) is 18.4 Å². The van der Waals surface area contributed by atoms with Gasteiger partial charge in [-0.05, 0) is 56.2 Å². The van der Waals surface area contributed by atoms with E-state index in [1.54, 1.807) is 19.1 Å². The fraction of sp³-hybridized carbons (Fsp3) is 0.652. The number of halogens is 1. The third kappa shape index (κ3) is 5.99. The first-order valence-corrected chi connectivity index (χ1v) is 13.1. The highest BCUT2D eigenvalue weighted by molar-refractivity contribution is 7.91. The van der Waals surface area contributed by atoms with Crippen molar-refractivity contribution in [1.29, 1.82) is 0 Å². The van der Waals surface area contributed by atoms with Crippen molar-refractivity contribution in [2.45, 2.75) is 64.3 Å². The molecule has 1 aromatic rings. The molecule has 1 saturated heterocycles. The zero-order valence-electron chi connectivity index (χ0n) is 19.0. The standard InChI is InChI=1S/C23H33FN2O5S/c1-16(2)14-31-20-13-18(7-8-19(20)24)23(9-10-23)15-32(29,30)12-6-4-5-11-26-17(3)21(27)25-22(26)28/h7-8,13,16-17H,4-6,9-12,14-15H2,1-3H3,(H,25,27,28). The first-order valence-electron chi connectivity index (χ1n) is 11.3. The quantitative estimate of drug-likeness (QED) is 0.375. The van der Waals surface area contributed by atoms with Crippen LogP contribution in [0.3, 0.4) is 0 Å². The largest absolute Gasteiger partial charge is 0.490 e. The Morgan fingerprint density at radius 3 is 2.53 bits per heavy atom. The minimum Gasteiger partial charge on any atom is -0.490 e. The number of benzene rings is 1. The Morgan fingerprint density at radius 2 is 1.94 bits per heavy atom. The molecule has 3 rings (SSSR count). The van der Waals surface area contributed by atoms with Crippen LogP contribution in [0.4, 0.5) is 9.18 Å². The number of amides is 3. The van der Waals surface area contributed by atoms with Crippen LogP contribution in [0.5, 0.6) is 5.75 Å². The molecule has 32 heavy (non-hydrogen) atoms. The zero-order chi connectivity index (χ0) is 23.5. The number of rotatable bonds is 12. The highest BCUT2D eigenvalue weighted by Gasteiger charge is 2.47. The number of sulfone groups is 1. The minimum absolute atomic E-state index is 0.0509. The highest BCUT2D eigenvalue weighted by Crippen LogP contribution is 2.50. The van der Waals surface area contributed by atoms with E-state index in [4.69, 9.17) is 4.74 Å². The molecule has 1 heterocycles. The van der Waals surface area contributed by atoms with E-state index in [1.807, 2.05) is 13.8 Å². The summed E-state index contributed by atoms with van der Waals surface area (Å²) in [6, 6.07) is 3.82. The number of hydrogen-bond donors (Lipinski definition) is 1. The molecule has 1 aliphatic carbocycles. The number of urea groups is 1. The zero-order valence-corrected chi connectivity index (χ0v) is 19.8. The molecule has 1 aromatic carbocycles. The minimum atomic E-state index is -3.28. The third-order valence-electron chi connectivity index (χ3n) is 6.16. The molecule has 2 aliphatic rings. The third-order valence-corrected chi connectivity index (χ3v) is 8.06. The molecule has 9 heteroatoms. The van der Waals surface area contributed by atoms with Gasteiger partial charge < -0.3 is 9.64 Å². The fourth-order valence-corrected chi connectivity index (χ4v) is 6.12. The summed E-state index contributed by atoms with van der Waals surface area (Å²) in [6.07, 6.45) is 3.32. The topological polar surface area (TPSA) is 92.8 Å². The lowest BCUT2D eigenvalue weighted by Gasteiger charge is -2.19. The van der Waals surface area contributed by atoms with Gasteiger partial charge in [-0.15, -0.1) is 0 Å². The Morgan fingerprint density at radius 1 is 1.22 bits per heavy atom. The smallest absolute Gasteiger partial charge is 0.324 e. The predicted molar refractivity (Wildman–Crippen MR) is 120 cm³/mol. The summed E-state index contributed by atoms with van der Waals surface area (Å²) in [4.78, 5) is 24.7. The average molecular weight is 469 g/mol. The number of carbonyl (C=O) groups is 2. The van der Waals surface area contributed by atoms with Gasteiger partial charge in [-0.25, -0.2) is 17.6 Å². The number of hydrogen-bond acceptors (Lipinski definition) is 5. The SMILES string of the molecule is CC(C)COc1cc(C2(CS(=O)(=O)CCCCCN3C(=O)NC(=O)C3C)CC2)ccc1F. The molecule has 0 aromatic heterocycles.